The molecular weight excluding hydrogens is 564 g/mol. The van der Waals surface area contributed by atoms with Crippen LogP contribution in [0.3, 0.4) is 0 Å². The van der Waals surface area contributed by atoms with Crippen LogP contribution in [-0.2, 0) is 6.54 Å². The molecule has 0 aliphatic carbocycles. The molecule has 1 saturated heterocycles. The number of primary amides is 1. The smallest absolute Gasteiger partial charge is 0.257 e. The van der Waals surface area contributed by atoms with E-state index in [-0.39, 0.29) is 18.4 Å². The maximum Gasteiger partial charge on any atom is 0.257 e. The number of aromatic amines is 1. The van der Waals surface area contributed by atoms with Crippen molar-refractivity contribution >= 4 is 56.8 Å². The molecule has 1 fully saturated rings. The lowest BCUT2D eigenvalue weighted by atomic mass is 9.92. The average Bonchev–Trinajstić information content (AvgIpc) is 3.39. The fraction of sp³-hybridized carbons (Fsp3) is 0.182. The number of piperazine rings is 1. The lowest BCUT2D eigenvalue weighted by Gasteiger charge is -2.32. The first kappa shape index (κ1) is 28.4. The molecule has 1 aromatic heterocycles. The number of hydrogen-bond acceptors (Lipinski definition) is 5. The zero-order valence-corrected chi connectivity index (χ0v) is 24.4. The van der Waals surface area contributed by atoms with Gasteiger partial charge in [0.15, 0.2) is 0 Å². The Morgan fingerprint density at radius 1 is 0.907 bits per heavy atom. The van der Waals surface area contributed by atoms with Crippen LogP contribution in [0.25, 0.3) is 32.9 Å². The van der Waals surface area contributed by atoms with Gasteiger partial charge < -0.3 is 31.6 Å². The van der Waals surface area contributed by atoms with Gasteiger partial charge in [-0.25, -0.2) is 0 Å². The number of nitrogens with zero attached hydrogens (tertiary/aromatic N) is 2. The number of hydrogen-bond donors (Lipinski definition) is 4. The molecule has 0 spiro atoms. The number of carbonyl (C=O) groups is 3. The summed E-state index contributed by atoms with van der Waals surface area (Å²) in [7, 11) is 2.05. The summed E-state index contributed by atoms with van der Waals surface area (Å²) < 4.78 is 0. The van der Waals surface area contributed by atoms with Crippen molar-refractivity contribution < 1.29 is 14.4 Å². The van der Waals surface area contributed by atoms with E-state index in [1.165, 1.54) is 0 Å². The number of aromatic nitrogens is 1. The first-order valence-electron chi connectivity index (χ1n) is 14.0. The van der Waals surface area contributed by atoms with E-state index in [4.69, 9.17) is 23.1 Å². The molecule has 0 bridgehead atoms. The summed E-state index contributed by atoms with van der Waals surface area (Å²) in [6, 6.07) is 21.5. The fourth-order valence-electron chi connectivity index (χ4n) is 5.78. The molecule has 0 unspecified atom stereocenters. The maximum absolute atomic E-state index is 13.3. The number of likely N-dealkylation sites (N-methyl/N-ethyl adjacent to an activating group) is 1. The van der Waals surface area contributed by atoms with Gasteiger partial charge in [0.1, 0.15) is 0 Å². The van der Waals surface area contributed by atoms with E-state index in [0.717, 1.165) is 35.0 Å². The van der Waals surface area contributed by atoms with Gasteiger partial charge in [0.05, 0.1) is 21.7 Å². The van der Waals surface area contributed by atoms with Gasteiger partial charge in [0.2, 0.25) is 0 Å². The van der Waals surface area contributed by atoms with Crippen LogP contribution in [0.15, 0.2) is 72.8 Å². The summed E-state index contributed by atoms with van der Waals surface area (Å²) >= 11 is 6.26. The predicted octanol–water partition coefficient (Wildman–Crippen LogP) is 4.84. The minimum absolute atomic E-state index is 0.0311. The Labute approximate surface area is 253 Å². The normalized spacial score (nSPS) is 13.9. The molecule has 1 aliphatic heterocycles. The van der Waals surface area contributed by atoms with Crippen molar-refractivity contribution in [2.24, 2.45) is 11.5 Å². The van der Waals surface area contributed by atoms with E-state index in [2.05, 4.69) is 15.2 Å². The van der Waals surface area contributed by atoms with Crippen LogP contribution in [0.4, 0.5) is 5.69 Å². The summed E-state index contributed by atoms with van der Waals surface area (Å²) in [5.41, 5.74) is 17.4. The van der Waals surface area contributed by atoms with Crippen LogP contribution in [-0.4, -0.2) is 65.7 Å². The van der Waals surface area contributed by atoms with Gasteiger partial charge in [0, 0.05) is 60.3 Å². The van der Waals surface area contributed by atoms with E-state index in [9.17, 15) is 14.4 Å². The number of fused-ring (bicyclic) bond motifs is 3. The first-order valence-corrected chi connectivity index (χ1v) is 14.4. The summed E-state index contributed by atoms with van der Waals surface area (Å²) in [6.07, 6.45) is 0. The third kappa shape index (κ3) is 5.23. The van der Waals surface area contributed by atoms with Crippen LogP contribution in [0.2, 0.25) is 5.02 Å². The number of carbonyl (C=O) groups excluding carboxylic acids is 3. The molecular formula is C33H31ClN6O3. The molecule has 9 nitrogen and oxygen atoms in total. The Balaban J connectivity index is 1.46. The van der Waals surface area contributed by atoms with Gasteiger partial charge in [-0.05, 0) is 60.1 Å². The van der Waals surface area contributed by atoms with Gasteiger partial charge in [-0.15, -0.1) is 0 Å². The minimum Gasteiger partial charge on any atom is -0.366 e. The minimum atomic E-state index is -0.573. The largest absolute Gasteiger partial charge is 0.366 e. The number of H-pyrrole nitrogens is 1. The quantitative estimate of drug-likeness (QED) is 0.223. The second kappa shape index (κ2) is 11.5. The van der Waals surface area contributed by atoms with Gasteiger partial charge in [-0.2, -0.15) is 0 Å². The molecule has 218 valence electrons. The van der Waals surface area contributed by atoms with Gasteiger partial charge in [-0.3, -0.25) is 14.4 Å². The number of rotatable bonds is 6. The van der Waals surface area contributed by atoms with E-state index >= 15 is 0 Å². The highest BCUT2D eigenvalue weighted by Gasteiger charge is 2.23. The number of nitrogens with two attached hydrogens (primary N) is 2. The lowest BCUT2D eigenvalue weighted by Crippen LogP contribution is -2.47. The summed E-state index contributed by atoms with van der Waals surface area (Å²) in [5.74, 6) is -0.954. The highest BCUT2D eigenvalue weighted by atomic mass is 35.5. The van der Waals surface area contributed by atoms with Crippen LogP contribution in [0.5, 0.6) is 0 Å². The van der Waals surface area contributed by atoms with Crippen LogP contribution in [0.1, 0.15) is 36.6 Å². The van der Waals surface area contributed by atoms with Crippen molar-refractivity contribution in [3.05, 3.63) is 100 Å². The summed E-state index contributed by atoms with van der Waals surface area (Å²) in [6.45, 7) is 3.13. The first-order chi connectivity index (χ1) is 20.8. The van der Waals surface area contributed by atoms with Gasteiger partial charge in [-0.1, -0.05) is 48.0 Å². The standard InChI is InChI=1S/C33H31ClN6O3/c1-39-13-15-40(16-14-39)33(43)19-9-10-23-28(17-19)37-30-24(31(36)41)12-11-21(29(23)30)20-6-4-8-27(25(20)18-35)38-32(42)22-5-2-3-7-26(22)34/h2-12,17,37H,13-16,18,35H2,1H3,(H2,36,41)(H,38,42). The molecule has 0 saturated carbocycles. The van der Waals surface area contributed by atoms with E-state index in [1.54, 1.807) is 36.4 Å². The summed E-state index contributed by atoms with van der Waals surface area (Å²) in [4.78, 5) is 46.3. The van der Waals surface area contributed by atoms with Crippen LogP contribution < -0.4 is 16.8 Å². The van der Waals surface area contributed by atoms with Crippen molar-refractivity contribution in [3.63, 3.8) is 0 Å². The molecule has 10 heteroatoms. The molecule has 1 aliphatic rings. The number of amides is 3. The fourth-order valence-corrected chi connectivity index (χ4v) is 6.00. The van der Waals surface area contributed by atoms with Crippen LogP contribution >= 0.6 is 11.6 Å². The van der Waals surface area contributed by atoms with E-state index in [1.807, 2.05) is 48.3 Å². The highest BCUT2D eigenvalue weighted by Crippen LogP contribution is 2.39. The molecule has 0 radical (unpaired) electrons. The van der Waals surface area contributed by atoms with Crippen molar-refractivity contribution in [2.75, 3.05) is 38.5 Å². The van der Waals surface area contributed by atoms with Crippen LogP contribution in [0, 0.1) is 0 Å². The third-order valence-electron chi connectivity index (χ3n) is 8.09. The van der Waals surface area contributed by atoms with Crippen molar-refractivity contribution in [1.29, 1.82) is 0 Å². The molecule has 5 aromatic rings. The molecule has 4 aromatic carbocycles. The van der Waals surface area contributed by atoms with Crippen molar-refractivity contribution in [3.8, 4) is 11.1 Å². The second-order valence-electron chi connectivity index (χ2n) is 10.7. The number of halogens is 1. The predicted molar refractivity (Wildman–Crippen MR) is 170 cm³/mol. The molecule has 6 N–H and O–H groups in total. The van der Waals surface area contributed by atoms with Gasteiger partial charge in [0.25, 0.3) is 17.7 Å². The Morgan fingerprint density at radius 3 is 2.40 bits per heavy atom. The number of benzene rings is 4. The molecule has 43 heavy (non-hydrogen) atoms. The monoisotopic (exact) mass is 594 g/mol. The SMILES string of the molecule is CN1CCN(C(=O)c2ccc3c(c2)[nH]c2c(C(N)=O)ccc(-c4cccc(NC(=O)c5ccccc5Cl)c4CN)c23)CC1. The molecule has 0 atom stereocenters. The topological polar surface area (TPSA) is 138 Å². The maximum atomic E-state index is 13.3. The number of anilines is 1. The Bertz CT molecular complexity index is 1910. The lowest BCUT2D eigenvalue weighted by molar-refractivity contribution is 0.0664. The molecule has 6 rings (SSSR count). The van der Waals surface area contributed by atoms with Gasteiger partial charge >= 0.3 is 0 Å². The molecule has 2 heterocycles. The Hall–Kier alpha value is -4.70. The Kier molecular flexibility index (Phi) is 7.62. The third-order valence-corrected chi connectivity index (χ3v) is 8.42. The zero-order valence-electron chi connectivity index (χ0n) is 23.6. The zero-order chi connectivity index (χ0) is 30.2. The van der Waals surface area contributed by atoms with E-state index < -0.39 is 5.91 Å². The second-order valence-corrected chi connectivity index (χ2v) is 11.1. The molecule has 3 amide bonds. The number of nitrogens with one attached hydrogen (secondary N) is 2. The summed E-state index contributed by atoms with van der Waals surface area (Å²) in [5, 5.41) is 4.91. The van der Waals surface area contributed by atoms with E-state index in [0.29, 0.717) is 57.1 Å². The average molecular weight is 595 g/mol. The Morgan fingerprint density at radius 2 is 1.67 bits per heavy atom. The van der Waals surface area contributed by atoms with Crippen molar-refractivity contribution in [2.45, 2.75) is 6.54 Å². The van der Waals surface area contributed by atoms with Crippen molar-refractivity contribution in [1.82, 2.24) is 14.8 Å². The highest BCUT2D eigenvalue weighted by molar-refractivity contribution is 6.34.